The summed E-state index contributed by atoms with van der Waals surface area (Å²) < 4.78 is 2.31. The summed E-state index contributed by atoms with van der Waals surface area (Å²) in [6, 6.07) is 1.85. The Morgan fingerprint density at radius 1 is 1.50 bits per heavy atom. The van der Waals surface area contributed by atoms with Crippen molar-refractivity contribution in [1.29, 1.82) is 0 Å². The third-order valence-electron chi connectivity index (χ3n) is 2.69. The molecule has 0 aliphatic heterocycles. The summed E-state index contributed by atoms with van der Waals surface area (Å²) >= 11 is 3.29. The summed E-state index contributed by atoms with van der Waals surface area (Å²) in [5.74, 6) is 0.740. The van der Waals surface area contributed by atoms with Crippen molar-refractivity contribution in [1.82, 2.24) is 19.7 Å². The Kier molecular flexibility index (Phi) is 3.65. The molecule has 0 aliphatic carbocycles. The second kappa shape index (κ2) is 5.06. The van der Waals surface area contributed by atoms with E-state index in [1.807, 2.05) is 26.8 Å². The molecular weight excluding hydrogens is 296 g/mol. The lowest BCUT2D eigenvalue weighted by atomic mass is 10.1. The Morgan fingerprint density at radius 3 is 2.83 bits per heavy atom. The standard InChI is InChI=1S/C12H15BrN4O/c1-4-17-8(5-6-14-17)11-15-10(7(2)3)9(13)12(18)16-11/h5-7H,4H2,1-3H3,(H,15,16,18). The molecule has 96 valence electrons. The molecule has 0 fully saturated rings. The van der Waals surface area contributed by atoms with Gasteiger partial charge in [-0.25, -0.2) is 4.98 Å². The van der Waals surface area contributed by atoms with Crippen LogP contribution in [0.1, 0.15) is 32.4 Å². The van der Waals surface area contributed by atoms with Crippen LogP contribution in [0.2, 0.25) is 0 Å². The number of aromatic amines is 1. The molecule has 6 heteroatoms. The predicted octanol–water partition coefficient (Wildman–Crippen LogP) is 2.54. The van der Waals surface area contributed by atoms with Crippen LogP contribution in [-0.2, 0) is 6.54 Å². The molecule has 0 aromatic carbocycles. The molecule has 0 unspecified atom stereocenters. The molecule has 0 bridgehead atoms. The van der Waals surface area contributed by atoms with Crippen molar-refractivity contribution in [3.05, 3.63) is 32.8 Å². The molecule has 2 rings (SSSR count). The van der Waals surface area contributed by atoms with Crippen LogP contribution in [0.5, 0.6) is 0 Å². The lowest BCUT2D eigenvalue weighted by Gasteiger charge is -2.10. The minimum absolute atomic E-state index is 0.160. The highest BCUT2D eigenvalue weighted by Gasteiger charge is 2.15. The van der Waals surface area contributed by atoms with E-state index < -0.39 is 0 Å². The zero-order chi connectivity index (χ0) is 13.3. The lowest BCUT2D eigenvalue weighted by Crippen LogP contribution is -2.15. The number of nitrogens with zero attached hydrogens (tertiary/aromatic N) is 3. The molecule has 0 saturated heterocycles. The molecule has 0 spiro atoms. The molecule has 2 aromatic heterocycles. The third-order valence-corrected chi connectivity index (χ3v) is 3.46. The van der Waals surface area contributed by atoms with Gasteiger partial charge >= 0.3 is 0 Å². The number of aryl methyl sites for hydroxylation is 1. The van der Waals surface area contributed by atoms with E-state index in [9.17, 15) is 4.79 Å². The molecule has 0 atom stereocenters. The van der Waals surface area contributed by atoms with Gasteiger partial charge in [0.1, 0.15) is 10.2 Å². The predicted molar refractivity (Wildman–Crippen MR) is 73.5 cm³/mol. The minimum atomic E-state index is -0.160. The Hall–Kier alpha value is -1.43. The second-order valence-corrected chi connectivity index (χ2v) is 5.09. The highest BCUT2D eigenvalue weighted by molar-refractivity contribution is 9.10. The molecule has 0 amide bonds. The number of hydrogen-bond acceptors (Lipinski definition) is 3. The van der Waals surface area contributed by atoms with Gasteiger partial charge in [-0.3, -0.25) is 9.48 Å². The van der Waals surface area contributed by atoms with Gasteiger partial charge in [0.05, 0.1) is 5.69 Å². The summed E-state index contributed by atoms with van der Waals surface area (Å²) in [6.45, 7) is 6.75. The monoisotopic (exact) mass is 310 g/mol. The first-order valence-corrected chi connectivity index (χ1v) is 6.65. The first kappa shape index (κ1) is 13.0. The van der Waals surface area contributed by atoms with Gasteiger partial charge in [0, 0.05) is 12.7 Å². The molecule has 2 aromatic rings. The first-order valence-electron chi connectivity index (χ1n) is 5.86. The van der Waals surface area contributed by atoms with Crippen LogP contribution in [0, 0.1) is 0 Å². The van der Waals surface area contributed by atoms with E-state index in [0.29, 0.717) is 10.3 Å². The first-order chi connectivity index (χ1) is 8.54. The average molecular weight is 311 g/mol. The zero-order valence-electron chi connectivity index (χ0n) is 10.6. The van der Waals surface area contributed by atoms with Gasteiger partial charge in [0.2, 0.25) is 0 Å². The van der Waals surface area contributed by atoms with Crippen LogP contribution in [0.15, 0.2) is 21.5 Å². The van der Waals surface area contributed by atoms with E-state index in [-0.39, 0.29) is 11.5 Å². The van der Waals surface area contributed by atoms with E-state index in [1.165, 1.54) is 0 Å². The molecule has 18 heavy (non-hydrogen) atoms. The van der Waals surface area contributed by atoms with Gasteiger partial charge in [-0.1, -0.05) is 13.8 Å². The van der Waals surface area contributed by atoms with Crippen molar-refractivity contribution in [2.24, 2.45) is 0 Å². The summed E-state index contributed by atoms with van der Waals surface area (Å²) in [4.78, 5) is 19.2. The van der Waals surface area contributed by atoms with Gasteiger partial charge in [0.15, 0.2) is 5.82 Å². The largest absolute Gasteiger partial charge is 0.304 e. The summed E-state index contributed by atoms with van der Waals surface area (Å²) in [6.07, 6.45) is 1.70. The van der Waals surface area contributed by atoms with Crippen LogP contribution in [0.25, 0.3) is 11.5 Å². The van der Waals surface area contributed by atoms with Gasteiger partial charge in [0.25, 0.3) is 5.56 Å². The van der Waals surface area contributed by atoms with E-state index >= 15 is 0 Å². The molecule has 1 N–H and O–H groups in total. The van der Waals surface area contributed by atoms with Crippen LogP contribution in [0.4, 0.5) is 0 Å². The quantitative estimate of drug-likeness (QED) is 0.947. The topological polar surface area (TPSA) is 63.6 Å². The molecule has 0 radical (unpaired) electrons. The number of halogens is 1. The highest BCUT2D eigenvalue weighted by atomic mass is 79.9. The smallest absolute Gasteiger partial charge is 0.265 e. The van der Waals surface area contributed by atoms with E-state index in [4.69, 9.17) is 0 Å². The fourth-order valence-corrected chi connectivity index (χ4v) is 2.41. The number of nitrogens with one attached hydrogen (secondary N) is 1. The summed E-state index contributed by atoms with van der Waals surface area (Å²) in [5.41, 5.74) is 1.43. The molecule has 5 nitrogen and oxygen atoms in total. The highest BCUT2D eigenvalue weighted by Crippen LogP contribution is 2.22. The van der Waals surface area contributed by atoms with Crippen molar-refractivity contribution in [3.63, 3.8) is 0 Å². The van der Waals surface area contributed by atoms with Crippen molar-refractivity contribution >= 4 is 15.9 Å². The fraction of sp³-hybridized carbons (Fsp3) is 0.417. The Labute approximate surface area is 113 Å². The zero-order valence-corrected chi connectivity index (χ0v) is 12.2. The fourth-order valence-electron chi connectivity index (χ4n) is 1.77. The third kappa shape index (κ3) is 2.25. The number of rotatable bonds is 3. The molecular formula is C12H15BrN4O. The van der Waals surface area contributed by atoms with Gasteiger partial charge < -0.3 is 4.98 Å². The Morgan fingerprint density at radius 2 is 2.22 bits per heavy atom. The average Bonchev–Trinajstić information content (AvgIpc) is 2.80. The molecule has 0 aliphatic rings. The van der Waals surface area contributed by atoms with E-state index in [1.54, 1.807) is 10.9 Å². The molecule has 0 saturated carbocycles. The van der Waals surface area contributed by atoms with E-state index in [2.05, 4.69) is 31.0 Å². The summed E-state index contributed by atoms with van der Waals surface area (Å²) in [7, 11) is 0. The van der Waals surface area contributed by atoms with Gasteiger partial charge in [-0.2, -0.15) is 5.10 Å². The van der Waals surface area contributed by atoms with Gasteiger partial charge in [-0.05, 0) is 34.8 Å². The van der Waals surface area contributed by atoms with E-state index in [0.717, 1.165) is 17.9 Å². The lowest BCUT2D eigenvalue weighted by molar-refractivity contribution is 0.662. The minimum Gasteiger partial charge on any atom is -0.304 e. The van der Waals surface area contributed by atoms with Crippen LogP contribution >= 0.6 is 15.9 Å². The van der Waals surface area contributed by atoms with Gasteiger partial charge in [-0.15, -0.1) is 0 Å². The van der Waals surface area contributed by atoms with Crippen LogP contribution in [0.3, 0.4) is 0 Å². The molecule has 2 heterocycles. The number of H-pyrrole nitrogens is 1. The Balaban J connectivity index is 2.63. The summed E-state index contributed by atoms with van der Waals surface area (Å²) in [5, 5.41) is 4.18. The second-order valence-electron chi connectivity index (χ2n) is 4.30. The maximum atomic E-state index is 11.9. The number of hydrogen-bond donors (Lipinski definition) is 1. The van der Waals surface area contributed by atoms with Crippen molar-refractivity contribution in [3.8, 4) is 11.5 Å². The Bertz CT molecular complexity index is 615. The van der Waals surface area contributed by atoms with Crippen molar-refractivity contribution in [2.45, 2.75) is 33.2 Å². The van der Waals surface area contributed by atoms with Crippen LogP contribution < -0.4 is 5.56 Å². The van der Waals surface area contributed by atoms with Crippen LogP contribution in [-0.4, -0.2) is 19.7 Å². The SMILES string of the molecule is CCn1nccc1-c1nc(C(C)C)c(Br)c(=O)[nH]1. The maximum absolute atomic E-state index is 11.9. The number of aromatic nitrogens is 4. The maximum Gasteiger partial charge on any atom is 0.265 e. The van der Waals surface area contributed by atoms with Crippen molar-refractivity contribution in [2.75, 3.05) is 0 Å². The normalized spacial score (nSPS) is 11.2. The van der Waals surface area contributed by atoms with Crippen molar-refractivity contribution < 1.29 is 0 Å².